The van der Waals surface area contributed by atoms with Gasteiger partial charge in [-0.3, -0.25) is 4.79 Å². The first-order valence-electron chi connectivity index (χ1n) is 4.87. The lowest BCUT2D eigenvalue weighted by Crippen LogP contribution is -1.87. The van der Waals surface area contributed by atoms with E-state index in [0.717, 1.165) is 4.90 Å². The molecule has 0 saturated heterocycles. The first kappa shape index (κ1) is 12.1. The molecule has 2 rings (SSSR count). The monoisotopic (exact) mass is 266 g/mol. The number of aldehydes is 1. The van der Waals surface area contributed by atoms with Gasteiger partial charge in [-0.2, -0.15) is 0 Å². The van der Waals surface area contributed by atoms with Crippen molar-refractivity contribution in [2.24, 2.45) is 0 Å². The van der Waals surface area contributed by atoms with E-state index < -0.39 is 5.82 Å². The van der Waals surface area contributed by atoms with Crippen molar-refractivity contribution < 1.29 is 9.18 Å². The summed E-state index contributed by atoms with van der Waals surface area (Å²) in [6, 6.07) is 11.4. The predicted octanol–water partition coefficient (Wildman–Crippen LogP) is 4.44. The van der Waals surface area contributed by atoms with Gasteiger partial charge in [0.1, 0.15) is 5.82 Å². The van der Waals surface area contributed by atoms with Crippen LogP contribution in [0, 0.1) is 5.82 Å². The number of benzene rings is 2. The highest BCUT2D eigenvalue weighted by Gasteiger charge is 2.05. The largest absolute Gasteiger partial charge is 0.298 e. The summed E-state index contributed by atoms with van der Waals surface area (Å²) in [5, 5.41) is 0.629. The number of hydrogen-bond acceptors (Lipinski definition) is 2. The maximum absolute atomic E-state index is 12.9. The summed E-state index contributed by atoms with van der Waals surface area (Å²) in [6.07, 6.45) is 0.649. The maximum atomic E-state index is 12.9. The summed E-state index contributed by atoms with van der Waals surface area (Å²) >= 11 is 7.25. The van der Waals surface area contributed by atoms with E-state index in [9.17, 15) is 9.18 Å². The number of carbonyl (C=O) groups is 1. The molecule has 0 aromatic heterocycles. The second-order valence-electron chi connectivity index (χ2n) is 3.36. The van der Waals surface area contributed by atoms with Gasteiger partial charge >= 0.3 is 0 Å². The summed E-state index contributed by atoms with van der Waals surface area (Å²) in [6.45, 7) is 0. The van der Waals surface area contributed by atoms with Gasteiger partial charge in [-0.15, -0.1) is 0 Å². The van der Waals surface area contributed by atoms with Crippen LogP contribution in [-0.4, -0.2) is 6.29 Å². The molecule has 0 heterocycles. The molecule has 0 fully saturated rings. The Hall–Kier alpha value is -1.32. The molecule has 0 atom stereocenters. The minimum atomic E-state index is -0.414. The third-order valence-corrected chi connectivity index (χ3v) is 3.44. The van der Waals surface area contributed by atoms with E-state index in [1.165, 1.54) is 23.9 Å². The van der Waals surface area contributed by atoms with E-state index in [4.69, 9.17) is 11.6 Å². The number of carbonyl (C=O) groups excluding carboxylic acids is 1. The lowest BCUT2D eigenvalue weighted by Gasteiger charge is -2.05. The Morgan fingerprint density at radius 1 is 1.18 bits per heavy atom. The molecule has 4 heteroatoms. The van der Waals surface area contributed by atoms with Crippen molar-refractivity contribution in [3.8, 4) is 0 Å². The number of rotatable bonds is 3. The molecule has 1 nitrogen and oxygen atoms in total. The van der Waals surface area contributed by atoms with Crippen molar-refractivity contribution in [1.82, 2.24) is 0 Å². The average molecular weight is 267 g/mol. The Balaban J connectivity index is 2.32. The minimum Gasteiger partial charge on any atom is -0.298 e. The quantitative estimate of drug-likeness (QED) is 0.764. The summed E-state index contributed by atoms with van der Waals surface area (Å²) in [5.74, 6) is -0.414. The van der Waals surface area contributed by atoms with Crippen molar-refractivity contribution in [2.45, 2.75) is 9.79 Å². The van der Waals surface area contributed by atoms with Crippen LogP contribution < -0.4 is 0 Å². The van der Waals surface area contributed by atoms with Crippen LogP contribution in [0.2, 0.25) is 5.02 Å². The number of halogens is 2. The summed E-state index contributed by atoms with van der Waals surface area (Å²) in [5.41, 5.74) is 0.343. The highest BCUT2D eigenvalue weighted by atomic mass is 35.5. The van der Waals surface area contributed by atoms with Crippen LogP contribution in [0.1, 0.15) is 10.4 Å². The lowest BCUT2D eigenvalue weighted by atomic mass is 10.2. The van der Waals surface area contributed by atoms with Gasteiger partial charge in [0.2, 0.25) is 0 Å². The molecule has 0 aliphatic rings. The standard InChI is InChI=1S/C13H8ClFOS/c14-10-2-1-3-12(7-10)17-13-5-4-11(15)6-9(13)8-16/h1-8H. The first-order chi connectivity index (χ1) is 8.19. The summed E-state index contributed by atoms with van der Waals surface area (Å²) in [7, 11) is 0. The predicted molar refractivity (Wildman–Crippen MR) is 67.4 cm³/mol. The van der Waals surface area contributed by atoms with Crippen molar-refractivity contribution in [1.29, 1.82) is 0 Å². The Morgan fingerprint density at radius 2 is 2.00 bits per heavy atom. The Labute approximate surface area is 108 Å². The van der Waals surface area contributed by atoms with Gasteiger partial charge in [-0.05, 0) is 36.4 Å². The fourth-order valence-electron chi connectivity index (χ4n) is 1.36. The Bertz CT molecular complexity index is 557. The fourth-order valence-corrected chi connectivity index (χ4v) is 2.56. The van der Waals surface area contributed by atoms with Crippen LogP contribution in [0.5, 0.6) is 0 Å². The Kier molecular flexibility index (Phi) is 3.82. The normalized spacial score (nSPS) is 10.2. The minimum absolute atomic E-state index is 0.343. The number of hydrogen-bond donors (Lipinski definition) is 0. The Morgan fingerprint density at radius 3 is 2.71 bits per heavy atom. The van der Waals surface area contributed by atoms with Crippen molar-refractivity contribution in [2.75, 3.05) is 0 Å². The fraction of sp³-hybridized carbons (Fsp3) is 0. The molecule has 0 bridgehead atoms. The molecule has 2 aromatic rings. The van der Waals surface area contributed by atoms with Gasteiger partial charge in [0.15, 0.2) is 6.29 Å². The van der Waals surface area contributed by atoms with Gasteiger partial charge < -0.3 is 0 Å². The third-order valence-electron chi connectivity index (χ3n) is 2.12. The molecule has 0 saturated carbocycles. The highest BCUT2D eigenvalue weighted by Crippen LogP contribution is 2.31. The maximum Gasteiger partial charge on any atom is 0.151 e. The zero-order valence-corrected chi connectivity index (χ0v) is 10.3. The molecule has 2 aromatic carbocycles. The van der Waals surface area contributed by atoms with E-state index in [2.05, 4.69) is 0 Å². The molecule has 17 heavy (non-hydrogen) atoms. The van der Waals surface area contributed by atoms with E-state index >= 15 is 0 Å². The van der Waals surface area contributed by atoms with Crippen LogP contribution in [0.3, 0.4) is 0 Å². The van der Waals surface area contributed by atoms with Crippen molar-refractivity contribution >= 4 is 29.6 Å². The van der Waals surface area contributed by atoms with E-state index in [1.54, 1.807) is 18.2 Å². The van der Waals surface area contributed by atoms with Gasteiger partial charge in [0, 0.05) is 20.4 Å². The summed E-state index contributed by atoms with van der Waals surface area (Å²) in [4.78, 5) is 12.5. The zero-order valence-electron chi connectivity index (χ0n) is 8.69. The molecular formula is C13H8ClFOS. The SMILES string of the molecule is O=Cc1cc(F)ccc1Sc1cccc(Cl)c1. The van der Waals surface area contributed by atoms with E-state index in [1.807, 2.05) is 12.1 Å². The van der Waals surface area contributed by atoms with E-state index in [-0.39, 0.29) is 0 Å². The molecule has 0 unspecified atom stereocenters. The molecule has 0 spiro atoms. The summed E-state index contributed by atoms with van der Waals surface area (Å²) < 4.78 is 12.9. The van der Waals surface area contributed by atoms with Crippen LogP contribution in [0.15, 0.2) is 52.3 Å². The van der Waals surface area contributed by atoms with Gasteiger partial charge in [-0.1, -0.05) is 29.4 Å². The molecule has 0 aliphatic heterocycles. The van der Waals surface area contributed by atoms with Crippen LogP contribution in [-0.2, 0) is 0 Å². The van der Waals surface area contributed by atoms with Gasteiger partial charge in [-0.25, -0.2) is 4.39 Å². The van der Waals surface area contributed by atoms with Crippen LogP contribution in [0.25, 0.3) is 0 Å². The molecule has 0 aliphatic carbocycles. The lowest BCUT2D eigenvalue weighted by molar-refractivity contribution is 0.112. The molecule has 0 amide bonds. The topological polar surface area (TPSA) is 17.1 Å². The first-order valence-corrected chi connectivity index (χ1v) is 6.06. The average Bonchev–Trinajstić information content (AvgIpc) is 2.31. The van der Waals surface area contributed by atoms with Crippen LogP contribution >= 0.6 is 23.4 Å². The molecular weight excluding hydrogens is 259 g/mol. The third kappa shape index (κ3) is 3.08. The zero-order chi connectivity index (χ0) is 12.3. The second-order valence-corrected chi connectivity index (χ2v) is 4.91. The van der Waals surface area contributed by atoms with E-state index in [0.29, 0.717) is 21.8 Å². The molecule has 0 N–H and O–H groups in total. The van der Waals surface area contributed by atoms with Gasteiger partial charge in [0.05, 0.1) is 0 Å². The van der Waals surface area contributed by atoms with Crippen LogP contribution in [0.4, 0.5) is 4.39 Å². The molecule has 0 radical (unpaired) electrons. The highest BCUT2D eigenvalue weighted by molar-refractivity contribution is 7.99. The van der Waals surface area contributed by atoms with Crippen molar-refractivity contribution in [3.63, 3.8) is 0 Å². The molecule has 86 valence electrons. The second kappa shape index (κ2) is 5.34. The van der Waals surface area contributed by atoms with Gasteiger partial charge in [0.25, 0.3) is 0 Å². The van der Waals surface area contributed by atoms with Crippen molar-refractivity contribution in [3.05, 3.63) is 58.9 Å². The smallest absolute Gasteiger partial charge is 0.151 e.